The van der Waals surface area contributed by atoms with Crippen LogP contribution < -0.4 is 0 Å². The number of hydrogen-bond donors (Lipinski definition) is 0. The Hall–Kier alpha value is -1.66. The van der Waals surface area contributed by atoms with E-state index in [9.17, 15) is 0 Å². The van der Waals surface area contributed by atoms with Gasteiger partial charge in [-0.15, -0.1) is 0 Å². The van der Waals surface area contributed by atoms with E-state index in [0.29, 0.717) is 27.8 Å². The van der Waals surface area contributed by atoms with Crippen LogP contribution in [-0.4, -0.2) is 21.6 Å². The first-order valence-corrected chi connectivity index (χ1v) is 9.54. The topological polar surface area (TPSA) is 7.94 Å². The van der Waals surface area contributed by atoms with E-state index in [1.165, 1.54) is 8.96 Å². The van der Waals surface area contributed by atoms with Gasteiger partial charge in [0.2, 0.25) is 0 Å². The molecule has 7 heteroatoms. The van der Waals surface area contributed by atoms with Crippen molar-refractivity contribution >= 4 is 45.8 Å². The van der Waals surface area contributed by atoms with E-state index in [0.717, 1.165) is 26.7 Å². The van der Waals surface area contributed by atoms with Gasteiger partial charge >= 0.3 is 6.97 Å². The number of hydrogen-bond acceptors (Lipinski definition) is 0. The van der Waals surface area contributed by atoms with Crippen LogP contribution in [0.15, 0.2) is 46.1 Å². The van der Waals surface area contributed by atoms with Crippen LogP contribution in [0.2, 0.25) is 5.02 Å². The summed E-state index contributed by atoms with van der Waals surface area (Å²) in [7, 11) is 0. The standard InChI is InChI=1S/C19H17BBrClF2N2/c1-10-7-12(3)25-18(10)17(15-6-5-14(21)9-16(15)22)19-11(2)8-13(4)26(19)20(25,23)24/h5-9H,1-4H3. The molecule has 0 N–H and O–H groups in total. The quantitative estimate of drug-likeness (QED) is 0.487. The Balaban J connectivity index is 2.20. The lowest BCUT2D eigenvalue weighted by Crippen LogP contribution is -2.51. The molecule has 2 aliphatic rings. The van der Waals surface area contributed by atoms with Gasteiger partial charge in [-0.1, -0.05) is 33.6 Å². The molecule has 0 atom stereocenters. The molecule has 0 bridgehead atoms. The highest BCUT2D eigenvalue weighted by molar-refractivity contribution is 9.10. The monoisotopic (exact) mass is 436 g/mol. The minimum absolute atomic E-state index is 0.529. The maximum absolute atomic E-state index is 15.5. The second-order valence-corrected chi connectivity index (χ2v) is 8.29. The Morgan fingerprint density at radius 2 is 1.81 bits per heavy atom. The molecular formula is C19H17BBrClF2N2. The first kappa shape index (κ1) is 17.7. The molecule has 134 valence electrons. The third-order valence-electron chi connectivity index (χ3n) is 5.13. The predicted octanol–water partition coefficient (Wildman–Crippen LogP) is 5.95. The molecule has 1 aromatic carbocycles. The number of allylic oxidation sites excluding steroid dienone is 2. The zero-order valence-electron chi connectivity index (χ0n) is 14.9. The normalized spacial score (nSPS) is 18.2. The van der Waals surface area contributed by atoms with E-state index >= 15 is 8.63 Å². The first-order chi connectivity index (χ1) is 12.1. The largest absolute Gasteiger partial charge is 0.737 e. The molecule has 3 heterocycles. The minimum atomic E-state index is -3.96. The molecule has 0 fully saturated rings. The van der Waals surface area contributed by atoms with Gasteiger partial charge in [-0.05, 0) is 50.2 Å². The lowest BCUT2D eigenvalue weighted by Gasteiger charge is -2.34. The SMILES string of the molecule is CC1=CC(C)=[N+]2C1=C(c1ccc(Br)cc1Cl)c1c(C)cc(C)n1[B-]2(F)F. The third-order valence-corrected chi connectivity index (χ3v) is 5.94. The van der Waals surface area contributed by atoms with Crippen molar-refractivity contribution in [1.29, 1.82) is 0 Å². The second kappa shape index (κ2) is 5.67. The number of benzene rings is 1. The van der Waals surface area contributed by atoms with Gasteiger partial charge in [0, 0.05) is 39.3 Å². The van der Waals surface area contributed by atoms with Crippen LogP contribution in [0.4, 0.5) is 8.63 Å². The fourth-order valence-corrected chi connectivity index (χ4v) is 5.01. The molecule has 26 heavy (non-hydrogen) atoms. The van der Waals surface area contributed by atoms with Crippen LogP contribution >= 0.6 is 27.5 Å². The van der Waals surface area contributed by atoms with Gasteiger partial charge in [-0.3, -0.25) is 0 Å². The summed E-state index contributed by atoms with van der Waals surface area (Å²) in [5, 5.41) is 0.529. The zero-order valence-corrected chi connectivity index (χ0v) is 17.2. The number of nitrogens with zero attached hydrogens (tertiary/aromatic N) is 2. The number of aryl methyl sites for hydroxylation is 2. The van der Waals surface area contributed by atoms with Gasteiger partial charge in [0.15, 0.2) is 5.70 Å². The molecule has 0 saturated heterocycles. The number of aromatic nitrogens is 1. The first-order valence-electron chi connectivity index (χ1n) is 8.37. The van der Waals surface area contributed by atoms with Crippen molar-refractivity contribution in [3.63, 3.8) is 0 Å². The maximum atomic E-state index is 15.5. The van der Waals surface area contributed by atoms with Crippen molar-refractivity contribution in [3.8, 4) is 0 Å². The highest BCUT2D eigenvalue weighted by Crippen LogP contribution is 2.45. The van der Waals surface area contributed by atoms with Crippen molar-refractivity contribution in [1.82, 2.24) is 4.48 Å². The Morgan fingerprint density at radius 1 is 1.12 bits per heavy atom. The lowest BCUT2D eigenvalue weighted by molar-refractivity contribution is -0.363. The summed E-state index contributed by atoms with van der Waals surface area (Å²) in [4.78, 5) is 0. The second-order valence-electron chi connectivity index (χ2n) is 6.96. The summed E-state index contributed by atoms with van der Waals surface area (Å²) in [5.74, 6) is 0. The Labute approximate surface area is 164 Å². The summed E-state index contributed by atoms with van der Waals surface area (Å²) in [6.07, 6.45) is 1.81. The van der Waals surface area contributed by atoms with Crippen LogP contribution in [0.3, 0.4) is 0 Å². The highest BCUT2D eigenvalue weighted by Gasteiger charge is 2.55. The van der Waals surface area contributed by atoms with E-state index in [-0.39, 0.29) is 0 Å². The maximum Gasteiger partial charge on any atom is 0.737 e. The average molecular weight is 438 g/mol. The molecule has 1 aromatic heterocycles. The van der Waals surface area contributed by atoms with Crippen molar-refractivity contribution < 1.29 is 13.1 Å². The van der Waals surface area contributed by atoms with Crippen LogP contribution in [-0.2, 0) is 0 Å². The third kappa shape index (κ3) is 2.24. The summed E-state index contributed by atoms with van der Waals surface area (Å²) >= 11 is 9.95. The Kier molecular flexibility index (Phi) is 3.87. The minimum Gasteiger partial charge on any atom is -0.393 e. The molecule has 0 amide bonds. The molecule has 0 aliphatic carbocycles. The van der Waals surface area contributed by atoms with Crippen LogP contribution in [0.5, 0.6) is 0 Å². The lowest BCUT2D eigenvalue weighted by atomic mass is 9.84. The summed E-state index contributed by atoms with van der Waals surface area (Å²) < 4.78 is 34.3. The molecule has 0 radical (unpaired) electrons. The number of halogens is 4. The van der Waals surface area contributed by atoms with Crippen LogP contribution in [0, 0.1) is 13.8 Å². The van der Waals surface area contributed by atoms with Gasteiger partial charge in [0.25, 0.3) is 0 Å². The van der Waals surface area contributed by atoms with E-state index in [1.807, 2.05) is 38.1 Å². The molecule has 2 aliphatic heterocycles. The Bertz CT molecular complexity index is 1080. The van der Waals surface area contributed by atoms with Gasteiger partial charge in [-0.25, -0.2) is 0 Å². The van der Waals surface area contributed by atoms with Crippen LogP contribution in [0.1, 0.15) is 36.4 Å². The molecule has 2 aromatic rings. The van der Waals surface area contributed by atoms with Crippen LogP contribution in [0.25, 0.3) is 5.57 Å². The van der Waals surface area contributed by atoms with E-state index in [2.05, 4.69) is 15.9 Å². The van der Waals surface area contributed by atoms with Gasteiger partial charge in [0.1, 0.15) is 5.71 Å². The van der Waals surface area contributed by atoms with Crippen molar-refractivity contribution in [2.24, 2.45) is 0 Å². The molecule has 0 spiro atoms. The van der Waals surface area contributed by atoms with E-state index in [4.69, 9.17) is 11.6 Å². The average Bonchev–Trinajstić information content (AvgIpc) is 2.99. The van der Waals surface area contributed by atoms with Crippen molar-refractivity contribution in [2.45, 2.75) is 27.7 Å². The van der Waals surface area contributed by atoms with E-state index in [1.54, 1.807) is 19.9 Å². The zero-order chi connectivity index (χ0) is 19.0. The van der Waals surface area contributed by atoms with Gasteiger partial charge in [0.05, 0.1) is 5.57 Å². The molecule has 0 saturated carbocycles. The number of fused-ring (bicyclic) bond motifs is 2. The molecule has 4 rings (SSSR count). The summed E-state index contributed by atoms with van der Waals surface area (Å²) in [5.41, 5.74) is 5.34. The highest BCUT2D eigenvalue weighted by atomic mass is 79.9. The molecular weight excluding hydrogens is 420 g/mol. The summed E-state index contributed by atoms with van der Waals surface area (Å²) in [6.45, 7) is 3.24. The molecule has 2 nitrogen and oxygen atoms in total. The predicted molar refractivity (Wildman–Crippen MR) is 107 cm³/mol. The Morgan fingerprint density at radius 3 is 2.46 bits per heavy atom. The van der Waals surface area contributed by atoms with Gasteiger partial charge < -0.3 is 17.6 Å². The fraction of sp³-hybridized carbons (Fsp3) is 0.211. The summed E-state index contributed by atoms with van der Waals surface area (Å²) in [6, 6.07) is 7.38. The van der Waals surface area contributed by atoms with Crippen molar-refractivity contribution in [2.75, 3.05) is 0 Å². The fourth-order valence-electron chi connectivity index (χ4n) is 4.25. The van der Waals surface area contributed by atoms with E-state index < -0.39 is 6.97 Å². The van der Waals surface area contributed by atoms with Gasteiger partial charge in [-0.2, -0.15) is 0 Å². The van der Waals surface area contributed by atoms with Crippen molar-refractivity contribution in [3.05, 3.63) is 73.6 Å². The molecule has 0 unspecified atom stereocenters. The smallest absolute Gasteiger partial charge is 0.393 e. The number of rotatable bonds is 1.